The average Bonchev–Trinajstić information content (AvgIpc) is 2.29. The molecular formula is C15H19N. The lowest BCUT2D eigenvalue weighted by molar-refractivity contribution is 0.791. The molecule has 0 radical (unpaired) electrons. The molecule has 0 aliphatic heterocycles. The molecule has 0 fully saturated rings. The van der Waals surface area contributed by atoms with Gasteiger partial charge in [0.25, 0.3) is 0 Å². The number of nitrogens with two attached hydrogens (primary N) is 1. The van der Waals surface area contributed by atoms with Gasteiger partial charge in [0, 0.05) is 6.04 Å². The number of hydrogen-bond acceptors (Lipinski definition) is 1. The second kappa shape index (κ2) is 4.67. The summed E-state index contributed by atoms with van der Waals surface area (Å²) in [5.41, 5.74) is 8.75. The van der Waals surface area contributed by atoms with Crippen molar-refractivity contribution < 1.29 is 0 Å². The van der Waals surface area contributed by atoms with E-state index < -0.39 is 0 Å². The molecule has 2 rings (SSSR count). The van der Waals surface area contributed by atoms with Gasteiger partial charge in [-0.05, 0) is 35.2 Å². The molecule has 0 aliphatic carbocycles. The van der Waals surface area contributed by atoms with E-state index in [-0.39, 0.29) is 6.04 Å². The first-order valence-electron chi connectivity index (χ1n) is 6.00. The molecule has 0 heterocycles. The zero-order valence-corrected chi connectivity index (χ0v) is 10.0. The maximum atomic E-state index is 6.04. The second-order valence-corrected chi connectivity index (χ2v) is 4.39. The van der Waals surface area contributed by atoms with E-state index in [0.717, 1.165) is 12.8 Å². The van der Waals surface area contributed by atoms with Crippen LogP contribution in [0.2, 0.25) is 0 Å². The first-order chi connectivity index (χ1) is 7.74. The lowest BCUT2D eigenvalue weighted by Gasteiger charge is -2.15. The highest BCUT2D eigenvalue weighted by atomic mass is 14.6. The van der Waals surface area contributed by atoms with E-state index in [9.17, 15) is 0 Å². The van der Waals surface area contributed by atoms with Crippen molar-refractivity contribution in [2.24, 2.45) is 5.73 Å². The second-order valence-electron chi connectivity index (χ2n) is 4.39. The summed E-state index contributed by atoms with van der Waals surface area (Å²) in [6, 6.07) is 13.0. The fourth-order valence-electron chi connectivity index (χ4n) is 2.31. The molecule has 0 saturated carbocycles. The summed E-state index contributed by atoms with van der Waals surface area (Å²) in [6.07, 6.45) is 2.27. The van der Waals surface area contributed by atoms with Crippen molar-refractivity contribution in [1.29, 1.82) is 0 Å². The highest BCUT2D eigenvalue weighted by Gasteiger charge is 2.09. The van der Waals surface area contributed by atoms with E-state index in [4.69, 9.17) is 5.73 Å². The number of aryl methyl sites for hydroxylation is 1. The smallest absolute Gasteiger partial charge is 0.0269 e. The van der Waals surface area contributed by atoms with Crippen LogP contribution in [-0.2, 0) is 6.42 Å². The van der Waals surface area contributed by atoms with Gasteiger partial charge in [-0.2, -0.15) is 0 Å². The molecule has 1 nitrogen and oxygen atoms in total. The van der Waals surface area contributed by atoms with Gasteiger partial charge in [0.2, 0.25) is 0 Å². The van der Waals surface area contributed by atoms with Crippen LogP contribution in [0.1, 0.15) is 37.4 Å². The fraction of sp³-hybridized carbons (Fsp3) is 0.333. The molecule has 0 aromatic heterocycles. The van der Waals surface area contributed by atoms with Crippen LogP contribution < -0.4 is 5.73 Å². The third-order valence-electron chi connectivity index (χ3n) is 3.07. The molecule has 16 heavy (non-hydrogen) atoms. The number of rotatable bonds is 3. The van der Waals surface area contributed by atoms with Gasteiger partial charge in [-0.15, -0.1) is 0 Å². The van der Waals surface area contributed by atoms with Crippen molar-refractivity contribution in [3.8, 4) is 0 Å². The van der Waals surface area contributed by atoms with Crippen LogP contribution in [0.3, 0.4) is 0 Å². The van der Waals surface area contributed by atoms with Crippen molar-refractivity contribution in [1.82, 2.24) is 0 Å². The van der Waals surface area contributed by atoms with Gasteiger partial charge in [-0.1, -0.05) is 49.7 Å². The van der Waals surface area contributed by atoms with Gasteiger partial charge < -0.3 is 5.73 Å². The Kier molecular flexibility index (Phi) is 3.25. The lowest BCUT2D eigenvalue weighted by atomic mass is 9.93. The Morgan fingerprint density at radius 1 is 1.12 bits per heavy atom. The first kappa shape index (κ1) is 11.2. The maximum Gasteiger partial charge on any atom is 0.0269 e. The summed E-state index contributed by atoms with van der Waals surface area (Å²) in [4.78, 5) is 0. The highest BCUT2D eigenvalue weighted by Crippen LogP contribution is 2.26. The lowest BCUT2D eigenvalue weighted by Crippen LogP contribution is -2.08. The van der Waals surface area contributed by atoms with Crippen molar-refractivity contribution in [2.45, 2.75) is 32.7 Å². The molecule has 0 aliphatic rings. The SMILES string of the molecule is CCCc1c(C(C)N)ccc2ccccc12. The monoisotopic (exact) mass is 213 g/mol. The molecule has 84 valence electrons. The quantitative estimate of drug-likeness (QED) is 0.824. The Hall–Kier alpha value is -1.34. The Morgan fingerprint density at radius 2 is 1.88 bits per heavy atom. The van der Waals surface area contributed by atoms with Crippen LogP contribution >= 0.6 is 0 Å². The largest absolute Gasteiger partial charge is 0.324 e. The zero-order chi connectivity index (χ0) is 11.5. The molecular weight excluding hydrogens is 194 g/mol. The Morgan fingerprint density at radius 3 is 2.56 bits per heavy atom. The molecule has 0 bridgehead atoms. The minimum Gasteiger partial charge on any atom is -0.324 e. The molecule has 1 atom stereocenters. The third kappa shape index (κ3) is 1.96. The summed E-state index contributed by atoms with van der Waals surface area (Å²) in [6.45, 7) is 4.27. The summed E-state index contributed by atoms with van der Waals surface area (Å²) in [7, 11) is 0. The third-order valence-corrected chi connectivity index (χ3v) is 3.07. The van der Waals surface area contributed by atoms with Gasteiger partial charge in [0.1, 0.15) is 0 Å². The van der Waals surface area contributed by atoms with Crippen LogP contribution in [0.4, 0.5) is 0 Å². The van der Waals surface area contributed by atoms with Crippen molar-refractivity contribution in [3.63, 3.8) is 0 Å². The van der Waals surface area contributed by atoms with E-state index >= 15 is 0 Å². The first-order valence-corrected chi connectivity index (χ1v) is 6.00. The summed E-state index contributed by atoms with van der Waals surface area (Å²) in [5.74, 6) is 0. The van der Waals surface area contributed by atoms with E-state index in [2.05, 4.69) is 50.2 Å². The minimum atomic E-state index is 0.117. The van der Waals surface area contributed by atoms with Crippen molar-refractivity contribution >= 4 is 10.8 Å². The fourth-order valence-corrected chi connectivity index (χ4v) is 2.31. The normalized spacial score (nSPS) is 12.9. The van der Waals surface area contributed by atoms with Gasteiger partial charge >= 0.3 is 0 Å². The molecule has 1 heteroatoms. The van der Waals surface area contributed by atoms with Crippen LogP contribution in [0.15, 0.2) is 36.4 Å². The predicted molar refractivity (Wildman–Crippen MR) is 70.5 cm³/mol. The summed E-state index contributed by atoms with van der Waals surface area (Å²) in [5, 5.41) is 2.68. The van der Waals surface area contributed by atoms with E-state index in [1.54, 1.807) is 0 Å². The van der Waals surface area contributed by atoms with Crippen LogP contribution in [0.25, 0.3) is 10.8 Å². The van der Waals surface area contributed by atoms with E-state index in [0.29, 0.717) is 0 Å². The van der Waals surface area contributed by atoms with E-state index in [1.807, 2.05) is 0 Å². The van der Waals surface area contributed by atoms with Crippen molar-refractivity contribution in [3.05, 3.63) is 47.5 Å². The van der Waals surface area contributed by atoms with Crippen molar-refractivity contribution in [2.75, 3.05) is 0 Å². The molecule has 1 unspecified atom stereocenters. The van der Waals surface area contributed by atoms with Crippen LogP contribution in [0.5, 0.6) is 0 Å². The molecule has 2 aromatic carbocycles. The highest BCUT2D eigenvalue weighted by molar-refractivity contribution is 5.87. The van der Waals surface area contributed by atoms with Crippen LogP contribution in [-0.4, -0.2) is 0 Å². The molecule has 2 N–H and O–H groups in total. The Bertz CT molecular complexity index is 486. The zero-order valence-electron chi connectivity index (χ0n) is 10.0. The molecule has 0 spiro atoms. The molecule has 0 saturated heterocycles. The minimum absolute atomic E-state index is 0.117. The number of hydrogen-bond donors (Lipinski definition) is 1. The molecule has 0 amide bonds. The average molecular weight is 213 g/mol. The maximum absolute atomic E-state index is 6.04. The Labute approximate surface area is 97.3 Å². The van der Waals surface area contributed by atoms with Gasteiger partial charge in [0.05, 0.1) is 0 Å². The van der Waals surface area contributed by atoms with Crippen LogP contribution in [0, 0.1) is 0 Å². The number of benzene rings is 2. The van der Waals surface area contributed by atoms with E-state index in [1.165, 1.54) is 21.9 Å². The van der Waals surface area contributed by atoms with Gasteiger partial charge in [0.15, 0.2) is 0 Å². The number of fused-ring (bicyclic) bond motifs is 1. The summed E-state index contributed by atoms with van der Waals surface area (Å²) < 4.78 is 0. The molecule has 2 aromatic rings. The Balaban J connectivity index is 2.68. The topological polar surface area (TPSA) is 26.0 Å². The standard InChI is InChI=1S/C15H19N/c1-3-6-15-13(11(2)16)10-9-12-7-4-5-8-14(12)15/h4-5,7-11H,3,6,16H2,1-2H3. The summed E-state index contributed by atoms with van der Waals surface area (Å²) >= 11 is 0. The predicted octanol–water partition coefficient (Wildman–Crippen LogP) is 3.81. The van der Waals surface area contributed by atoms with Gasteiger partial charge in [-0.25, -0.2) is 0 Å². The van der Waals surface area contributed by atoms with Gasteiger partial charge in [-0.3, -0.25) is 0 Å².